The quantitative estimate of drug-likeness (QED) is 0.583. The fourth-order valence-electron chi connectivity index (χ4n) is 3.00. The lowest BCUT2D eigenvalue weighted by molar-refractivity contribution is 0.0940. The van der Waals surface area contributed by atoms with E-state index in [9.17, 15) is 13.2 Å². The zero-order valence-corrected chi connectivity index (χ0v) is 17.6. The summed E-state index contributed by atoms with van der Waals surface area (Å²) >= 11 is 6.26. The summed E-state index contributed by atoms with van der Waals surface area (Å²) in [6.45, 7) is 3.88. The van der Waals surface area contributed by atoms with Crippen LogP contribution in [-0.2, 0) is 10.0 Å². The zero-order chi connectivity index (χ0) is 21.0. The summed E-state index contributed by atoms with van der Waals surface area (Å²) in [5.41, 5.74) is 2.65. The first-order valence-electron chi connectivity index (χ1n) is 9.02. The molecule has 7 heteroatoms. The third-order valence-electron chi connectivity index (χ3n) is 4.52. The number of anilines is 1. The molecule has 0 aliphatic heterocycles. The van der Waals surface area contributed by atoms with Crippen molar-refractivity contribution < 1.29 is 13.2 Å². The fraction of sp³-hybridized carbons (Fsp3) is 0.136. The smallest absolute Gasteiger partial charge is 0.261 e. The summed E-state index contributed by atoms with van der Waals surface area (Å²) in [5, 5.41) is 3.09. The predicted octanol–water partition coefficient (Wildman–Crippen LogP) is 4.94. The van der Waals surface area contributed by atoms with E-state index < -0.39 is 10.0 Å². The third kappa shape index (κ3) is 4.96. The highest BCUT2D eigenvalue weighted by Gasteiger charge is 2.18. The van der Waals surface area contributed by atoms with E-state index >= 15 is 0 Å². The lowest BCUT2D eigenvalue weighted by atomic mass is 10.0. The molecule has 0 aromatic heterocycles. The molecule has 5 nitrogen and oxygen atoms in total. The van der Waals surface area contributed by atoms with Crippen molar-refractivity contribution in [3.05, 3.63) is 94.5 Å². The molecule has 0 aliphatic rings. The molecule has 3 rings (SSSR count). The molecule has 0 bridgehead atoms. The molecule has 0 heterocycles. The predicted molar refractivity (Wildman–Crippen MR) is 116 cm³/mol. The highest BCUT2D eigenvalue weighted by atomic mass is 35.5. The molecule has 150 valence electrons. The summed E-state index contributed by atoms with van der Waals surface area (Å²) in [6.07, 6.45) is 0. The van der Waals surface area contributed by atoms with Gasteiger partial charge in [0.15, 0.2) is 0 Å². The number of carbonyl (C=O) groups excluding carboxylic acids is 1. The van der Waals surface area contributed by atoms with Gasteiger partial charge in [-0.2, -0.15) is 0 Å². The monoisotopic (exact) mass is 428 g/mol. The highest BCUT2D eigenvalue weighted by molar-refractivity contribution is 7.92. The summed E-state index contributed by atoms with van der Waals surface area (Å²) in [5.74, 6) is -0.330. The van der Waals surface area contributed by atoms with Crippen molar-refractivity contribution in [3.8, 4) is 0 Å². The Balaban J connectivity index is 1.75. The van der Waals surface area contributed by atoms with Crippen LogP contribution in [0.5, 0.6) is 0 Å². The van der Waals surface area contributed by atoms with Gasteiger partial charge in [0.2, 0.25) is 0 Å². The first-order valence-corrected chi connectivity index (χ1v) is 10.9. The van der Waals surface area contributed by atoms with Crippen LogP contribution in [0.1, 0.15) is 34.5 Å². The van der Waals surface area contributed by atoms with Gasteiger partial charge in [0.1, 0.15) is 0 Å². The summed E-state index contributed by atoms with van der Waals surface area (Å²) in [7, 11) is -3.73. The number of hydrogen-bond acceptors (Lipinski definition) is 3. The SMILES string of the molecule is Cc1ccccc1[C@H](C)NC(=O)c1ccc(NS(=O)(=O)c2ccccc2)cc1Cl. The normalized spacial score (nSPS) is 12.2. The van der Waals surface area contributed by atoms with Crippen LogP contribution in [0.4, 0.5) is 5.69 Å². The summed E-state index contributed by atoms with van der Waals surface area (Å²) in [4.78, 5) is 12.8. The van der Waals surface area contributed by atoms with Gasteiger partial charge in [-0.1, -0.05) is 54.1 Å². The van der Waals surface area contributed by atoms with Gasteiger partial charge in [0.05, 0.1) is 27.2 Å². The topological polar surface area (TPSA) is 75.3 Å². The minimum atomic E-state index is -3.73. The van der Waals surface area contributed by atoms with Gasteiger partial charge >= 0.3 is 0 Å². The number of carbonyl (C=O) groups is 1. The molecule has 0 saturated carbocycles. The van der Waals surface area contributed by atoms with Crippen molar-refractivity contribution in [2.45, 2.75) is 24.8 Å². The van der Waals surface area contributed by atoms with Crippen molar-refractivity contribution in [1.29, 1.82) is 0 Å². The van der Waals surface area contributed by atoms with E-state index in [0.29, 0.717) is 0 Å². The number of nitrogens with one attached hydrogen (secondary N) is 2. The molecular weight excluding hydrogens is 408 g/mol. The molecule has 0 radical (unpaired) electrons. The van der Waals surface area contributed by atoms with Gasteiger partial charge in [-0.3, -0.25) is 9.52 Å². The molecular formula is C22H21ClN2O3S. The Labute approximate surface area is 175 Å². The average Bonchev–Trinajstić information content (AvgIpc) is 2.68. The number of sulfonamides is 1. The van der Waals surface area contributed by atoms with Crippen LogP contribution < -0.4 is 10.0 Å². The second kappa shape index (κ2) is 8.68. The third-order valence-corrected chi connectivity index (χ3v) is 6.23. The molecule has 2 N–H and O–H groups in total. The molecule has 0 unspecified atom stereocenters. The van der Waals surface area contributed by atoms with Gasteiger partial charge < -0.3 is 5.32 Å². The minimum Gasteiger partial charge on any atom is -0.345 e. The Kier molecular flexibility index (Phi) is 6.25. The van der Waals surface area contributed by atoms with Crippen LogP contribution in [0.2, 0.25) is 5.02 Å². The van der Waals surface area contributed by atoms with Crippen LogP contribution in [0.25, 0.3) is 0 Å². The van der Waals surface area contributed by atoms with Crippen LogP contribution >= 0.6 is 11.6 Å². The van der Waals surface area contributed by atoms with E-state index in [4.69, 9.17) is 11.6 Å². The maximum absolute atomic E-state index is 12.6. The highest BCUT2D eigenvalue weighted by Crippen LogP contribution is 2.24. The minimum absolute atomic E-state index is 0.144. The molecule has 29 heavy (non-hydrogen) atoms. The van der Waals surface area contributed by atoms with Gasteiger partial charge in [-0.15, -0.1) is 0 Å². The Hall–Kier alpha value is -2.83. The number of rotatable bonds is 6. The maximum atomic E-state index is 12.6. The van der Waals surface area contributed by atoms with Crippen LogP contribution in [0.3, 0.4) is 0 Å². The van der Waals surface area contributed by atoms with Gasteiger partial charge in [0, 0.05) is 0 Å². The van der Waals surface area contributed by atoms with Gasteiger partial charge in [-0.25, -0.2) is 8.42 Å². The molecule has 0 saturated heterocycles. The molecule has 0 aliphatic carbocycles. The average molecular weight is 429 g/mol. The van der Waals surface area contributed by atoms with E-state index in [2.05, 4.69) is 10.0 Å². The van der Waals surface area contributed by atoms with E-state index in [-0.39, 0.29) is 33.1 Å². The fourth-order valence-corrected chi connectivity index (χ4v) is 4.34. The Morgan fingerprint density at radius 2 is 1.62 bits per heavy atom. The van der Waals surface area contributed by atoms with E-state index in [1.807, 2.05) is 38.1 Å². The van der Waals surface area contributed by atoms with Gasteiger partial charge in [0.25, 0.3) is 15.9 Å². The Bertz CT molecular complexity index is 1130. The zero-order valence-electron chi connectivity index (χ0n) is 16.0. The van der Waals surface area contributed by atoms with E-state index in [1.165, 1.54) is 30.3 Å². The molecule has 1 amide bonds. The number of hydrogen-bond donors (Lipinski definition) is 2. The second-order valence-electron chi connectivity index (χ2n) is 6.66. The lowest BCUT2D eigenvalue weighted by Crippen LogP contribution is -2.27. The van der Waals surface area contributed by atoms with Crippen molar-refractivity contribution in [1.82, 2.24) is 5.32 Å². The van der Waals surface area contributed by atoms with E-state index in [1.54, 1.807) is 18.2 Å². The number of benzene rings is 3. The molecule has 0 spiro atoms. The second-order valence-corrected chi connectivity index (χ2v) is 8.75. The van der Waals surface area contributed by atoms with Crippen LogP contribution in [-0.4, -0.2) is 14.3 Å². The lowest BCUT2D eigenvalue weighted by Gasteiger charge is -2.17. The molecule has 0 fully saturated rings. The van der Waals surface area contributed by atoms with Crippen molar-refractivity contribution in [2.24, 2.45) is 0 Å². The number of amides is 1. The van der Waals surface area contributed by atoms with Crippen molar-refractivity contribution >= 4 is 33.2 Å². The maximum Gasteiger partial charge on any atom is 0.261 e. The molecule has 3 aromatic rings. The molecule has 1 atom stereocenters. The first-order chi connectivity index (χ1) is 13.8. The largest absolute Gasteiger partial charge is 0.345 e. The Morgan fingerprint density at radius 3 is 2.28 bits per heavy atom. The van der Waals surface area contributed by atoms with Crippen molar-refractivity contribution in [2.75, 3.05) is 4.72 Å². The summed E-state index contributed by atoms with van der Waals surface area (Å²) < 4.78 is 27.3. The molecule has 3 aromatic carbocycles. The number of halogens is 1. The van der Waals surface area contributed by atoms with Crippen LogP contribution in [0, 0.1) is 6.92 Å². The van der Waals surface area contributed by atoms with Crippen molar-refractivity contribution in [3.63, 3.8) is 0 Å². The summed E-state index contributed by atoms with van der Waals surface area (Å²) in [6, 6.07) is 20.1. The van der Waals surface area contributed by atoms with Gasteiger partial charge in [-0.05, 0) is 55.3 Å². The first kappa shape index (κ1) is 20.9. The number of aryl methyl sites for hydroxylation is 1. The standard InChI is InChI=1S/C22H21ClN2O3S/c1-15-8-6-7-11-19(15)16(2)24-22(26)20-13-12-17(14-21(20)23)25-29(27,28)18-9-4-3-5-10-18/h3-14,16,25H,1-2H3,(H,24,26)/t16-/m0/s1. The Morgan fingerprint density at radius 1 is 0.966 bits per heavy atom. The van der Waals surface area contributed by atoms with Crippen LogP contribution in [0.15, 0.2) is 77.7 Å². The van der Waals surface area contributed by atoms with E-state index in [0.717, 1.165) is 11.1 Å².